The van der Waals surface area contributed by atoms with Crippen molar-refractivity contribution in [1.82, 2.24) is 24.3 Å². The molecule has 1 aromatic carbocycles. The van der Waals surface area contributed by atoms with Crippen LogP contribution in [0, 0.1) is 0 Å². The van der Waals surface area contributed by atoms with E-state index >= 15 is 0 Å². The van der Waals surface area contributed by atoms with Crippen LogP contribution in [0.15, 0.2) is 67.6 Å². The molecule has 4 heterocycles. The van der Waals surface area contributed by atoms with E-state index in [1.54, 1.807) is 4.90 Å². The number of hydrogen-bond donors (Lipinski definition) is 2. The summed E-state index contributed by atoms with van der Waals surface area (Å²) in [6.07, 6.45) is -3.69. The number of fused-ring (bicyclic) bond motifs is 1. The summed E-state index contributed by atoms with van der Waals surface area (Å²) < 4.78 is 82.7. The maximum atomic E-state index is 14.1. The molecule has 1 aliphatic rings. The second kappa shape index (κ2) is 11.2. The smallest absolute Gasteiger partial charge is 0.375 e. The number of halogens is 6. The van der Waals surface area contributed by atoms with Crippen molar-refractivity contribution in [2.75, 3.05) is 11.9 Å². The summed E-state index contributed by atoms with van der Waals surface area (Å²) in [5.74, 6) is -0.799. The van der Waals surface area contributed by atoms with Gasteiger partial charge in [0.05, 0.1) is 17.3 Å². The number of pyridine rings is 1. The highest BCUT2D eigenvalue weighted by atomic mass is 19.4. The Morgan fingerprint density at radius 1 is 1.05 bits per heavy atom. The van der Waals surface area contributed by atoms with E-state index < -0.39 is 41.8 Å². The molecule has 0 aliphatic carbocycles. The number of alkyl halides is 6. The van der Waals surface area contributed by atoms with Crippen LogP contribution in [-0.4, -0.2) is 48.0 Å². The van der Waals surface area contributed by atoms with E-state index in [0.717, 1.165) is 31.3 Å². The molecular weight excluding hydrogens is 566 g/mol. The fourth-order valence-corrected chi connectivity index (χ4v) is 5.03. The highest BCUT2D eigenvalue weighted by molar-refractivity contribution is 6.04. The largest absolute Gasteiger partial charge is 0.435 e. The summed E-state index contributed by atoms with van der Waals surface area (Å²) in [5.41, 5.74) is -2.18. The van der Waals surface area contributed by atoms with Crippen LogP contribution in [0.3, 0.4) is 0 Å². The van der Waals surface area contributed by atoms with Gasteiger partial charge in [-0.05, 0) is 43.2 Å². The number of rotatable bonds is 6. The Hall–Kier alpha value is -4.30. The molecule has 4 aromatic rings. The quantitative estimate of drug-likeness (QED) is 0.208. The maximum Gasteiger partial charge on any atom is 0.435 e. The molecule has 2 N–H and O–H groups in total. The standard InChI is InChI=1S/C28H24F6N6O2/c1-2-21(41)39-13-4-3-5-19(39)25-38-22(23-24(28(32,33)34)36-12-14-40(23)25)16-6-8-17(9-7-16)26(42)37-20-15-18(10-11-35-20)27(29,30)31/h2,6-12,14-15,19,21,41H,1,3-5,13H2,(H,35,37,42)/t19-,21?/m0/s1. The maximum absolute atomic E-state index is 14.1. The minimum absolute atomic E-state index is 0.0310. The van der Waals surface area contributed by atoms with Gasteiger partial charge in [0, 0.05) is 36.3 Å². The zero-order valence-electron chi connectivity index (χ0n) is 21.8. The van der Waals surface area contributed by atoms with Gasteiger partial charge in [-0.3, -0.25) is 14.1 Å². The number of nitrogens with zero attached hydrogens (tertiary/aromatic N) is 5. The molecule has 2 atom stereocenters. The van der Waals surface area contributed by atoms with Crippen LogP contribution in [-0.2, 0) is 12.4 Å². The van der Waals surface area contributed by atoms with Gasteiger partial charge in [-0.15, -0.1) is 0 Å². The van der Waals surface area contributed by atoms with Crippen molar-refractivity contribution >= 4 is 17.2 Å². The van der Waals surface area contributed by atoms with Gasteiger partial charge in [0.15, 0.2) is 5.69 Å². The molecule has 1 unspecified atom stereocenters. The zero-order chi connectivity index (χ0) is 30.2. The summed E-state index contributed by atoms with van der Waals surface area (Å²) in [6.45, 7) is 4.11. The normalized spacial score (nSPS) is 17.3. The fourth-order valence-electron chi connectivity index (χ4n) is 5.03. The molecule has 0 bridgehead atoms. The number of anilines is 1. The second-order valence-corrected chi connectivity index (χ2v) is 9.67. The summed E-state index contributed by atoms with van der Waals surface area (Å²) in [6, 6.07) is 6.37. The van der Waals surface area contributed by atoms with E-state index in [0.29, 0.717) is 19.0 Å². The predicted octanol–water partition coefficient (Wildman–Crippen LogP) is 6.11. The molecule has 1 fully saturated rings. The number of carbonyl (C=O) groups excluding carboxylic acids is 1. The SMILES string of the molecule is C=CC(O)N1CCCC[C@H]1c1nc(-c2ccc(C(=O)Nc3cc(C(F)(F)F)ccn3)cc2)c2c(C(F)(F)F)nccn12. The Morgan fingerprint density at radius 2 is 1.79 bits per heavy atom. The van der Waals surface area contributed by atoms with E-state index in [4.69, 9.17) is 0 Å². The zero-order valence-corrected chi connectivity index (χ0v) is 21.8. The van der Waals surface area contributed by atoms with Crippen molar-refractivity contribution in [1.29, 1.82) is 0 Å². The molecule has 0 radical (unpaired) electrons. The van der Waals surface area contributed by atoms with Gasteiger partial charge >= 0.3 is 12.4 Å². The number of imidazole rings is 1. The molecule has 1 aliphatic heterocycles. The molecule has 3 aromatic heterocycles. The fraction of sp³-hybridized carbons (Fsp3) is 0.286. The average molecular weight is 591 g/mol. The molecule has 0 saturated carbocycles. The van der Waals surface area contributed by atoms with Gasteiger partial charge in [-0.2, -0.15) is 26.3 Å². The number of amides is 1. The lowest BCUT2D eigenvalue weighted by atomic mass is 10.0. The lowest BCUT2D eigenvalue weighted by Gasteiger charge is -2.37. The summed E-state index contributed by atoms with van der Waals surface area (Å²) >= 11 is 0. The first-order valence-corrected chi connectivity index (χ1v) is 12.8. The molecule has 1 saturated heterocycles. The number of nitrogens with one attached hydrogen (secondary N) is 1. The number of piperidine rings is 1. The van der Waals surface area contributed by atoms with E-state index in [1.165, 1.54) is 40.9 Å². The average Bonchev–Trinajstić information content (AvgIpc) is 3.35. The van der Waals surface area contributed by atoms with Crippen LogP contribution < -0.4 is 5.32 Å². The van der Waals surface area contributed by atoms with E-state index in [9.17, 15) is 36.2 Å². The third-order valence-corrected chi connectivity index (χ3v) is 6.99. The van der Waals surface area contributed by atoms with Crippen molar-refractivity contribution in [3.8, 4) is 11.3 Å². The van der Waals surface area contributed by atoms with Crippen molar-refractivity contribution < 1.29 is 36.2 Å². The van der Waals surface area contributed by atoms with E-state index in [1.807, 2.05) is 0 Å². The molecule has 5 rings (SSSR count). The Labute approximate surface area is 235 Å². The Morgan fingerprint density at radius 3 is 2.45 bits per heavy atom. The highest BCUT2D eigenvalue weighted by Gasteiger charge is 2.39. The lowest BCUT2D eigenvalue weighted by molar-refractivity contribution is -0.140. The van der Waals surface area contributed by atoms with Gasteiger partial charge in [-0.25, -0.2) is 15.0 Å². The minimum atomic E-state index is -4.81. The highest BCUT2D eigenvalue weighted by Crippen LogP contribution is 2.40. The summed E-state index contributed by atoms with van der Waals surface area (Å²) in [4.78, 5) is 26.4. The third kappa shape index (κ3) is 5.72. The molecule has 14 heteroatoms. The Balaban J connectivity index is 1.53. The van der Waals surface area contributed by atoms with Crippen LogP contribution in [0.1, 0.15) is 52.7 Å². The molecule has 220 valence electrons. The number of carbonyl (C=O) groups is 1. The Bertz CT molecular complexity index is 1620. The van der Waals surface area contributed by atoms with Crippen LogP contribution in [0.25, 0.3) is 16.8 Å². The van der Waals surface area contributed by atoms with Crippen molar-refractivity contribution in [2.45, 2.75) is 43.9 Å². The van der Waals surface area contributed by atoms with Crippen LogP contribution in [0.4, 0.5) is 32.2 Å². The van der Waals surface area contributed by atoms with Crippen molar-refractivity contribution in [2.24, 2.45) is 0 Å². The second-order valence-electron chi connectivity index (χ2n) is 9.67. The number of aromatic nitrogens is 4. The van der Waals surface area contributed by atoms with Crippen LogP contribution in [0.2, 0.25) is 0 Å². The van der Waals surface area contributed by atoms with Gasteiger partial charge < -0.3 is 10.4 Å². The first-order chi connectivity index (χ1) is 19.9. The molecule has 0 spiro atoms. The van der Waals surface area contributed by atoms with Crippen molar-refractivity contribution in [3.63, 3.8) is 0 Å². The lowest BCUT2D eigenvalue weighted by Crippen LogP contribution is -2.41. The van der Waals surface area contributed by atoms with Gasteiger partial charge in [0.1, 0.15) is 23.4 Å². The van der Waals surface area contributed by atoms with Gasteiger partial charge in [0.25, 0.3) is 5.91 Å². The van der Waals surface area contributed by atoms with Gasteiger partial charge in [-0.1, -0.05) is 25.1 Å². The van der Waals surface area contributed by atoms with Crippen LogP contribution in [0.5, 0.6) is 0 Å². The molecule has 42 heavy (non-hydrogen) atoms. The van der Waals surface area contributed by atoms with Crippen LogP contribution >= 0.6 is 0 Å². The summed E-state index contributed by atoms with van der Waals surface area (Å²) in [7, 11) is 0. The minimum Gasteiger partial charge on any atom is -0.375 e. The summed E-state index contributed by atoms with van der Waals surface area (Å²) in [5, 5.41) is 12.8. The first-order valence-electron chi connectivity index (χ1n) is 12.8. The monoisotopic (exact) mass is 590 g/mol. The predicted molar refractivity (Wildman–Crippen MR) is 140 cm³/mol. The molecule has 8 nitrogen and oxygen atoms in total. The number of aliphatic hydroxyl groups excluding tert-OH is 1. The van der Waals surface area contributed by atoms with E-state index in [2.05, 4.69) is 26.8 Å². The first kappa shape index (κ1) is 29.2. The number of likely N-dealkylation sites (tertiary alicyclic amines) is 1. The number of hydrogen-bond acceptors (Lipinski definition) is 6. The van der Waals surface area contributed by atoms with Gasteiger partial charge in [0.2, 0.25) is 0 Å². The van der Waals surface area contributed by atoms with Crippen molar-refractivity contribution in [3.05, 3.63) is 90.3 Å². The topological polar surface area (TPSA) is 95.6 Å². The number of aliphatic hydroxyl groups is 1. The number of benzene rings is 1. The molecule has 1 amide bonds. The third-order valence-electron chi connectivity index (χ3n) is 6.99. The van der Waals surface area contributed by atoms with E-state index in [-0.39, 0.29) is 34.0 Å². The Kier molecular flexibility index (Phi) is 7.77. The molecular formula is C28H24F6N6O2.